The number of aliphatic hydroxyl groups excluding tert-OH is 1. The zero-order chi connectivity index (χ0) is 31.6. The van der Waals surface area contributed by atoms with Crippen LogP contribution in [0, 0.1) is 5.92 Å². The molecule has 0 bridgehead atoms. The van der Waals surface area contributed by atoms with Crippen LogP contribution in [-0.4, -0.2) is 85.7 Å². The van der Waals surface area contributed by atoms with Crippen LogP contribution in [-0.2, 0) is 28.6 Å². The summed E-state index contributed by atoms with van der Waals surface area (Å²) >= 11 is 0. The minimum atomic E-state index is -0.662. The van der Waals surface area contributed by atoms with Crippen molar-refractivity contribution in [1.82, 2.24) is 16.0 Å². The number of ether oxygens (including phenoxy) is 3. The lowest BCUT2D eigenvalue weighted by molar-refractivity contribution is -0.125. The summed E-state index contributed by atoms with van der Waals surface area (Å²) in [5.74, 6) is -0.0311. The van der Waals surface area contributed by atoms with Crippen molar-refractivity contribution in [3.63, 3.8) is 0 Å². The molecule has 7 unspecified atom stereocenters. The Bertz CT molecular complexity index is 949. The Balaban J connectivity index is 1.85. The molecule has 244 valence electrons. The molecule has 0 radical (unpaired) electrons. The van der Waals surface area contributed by atoms with E-state index in [1.165, 1.54) is 12.2 Å². The molecule has 0 aromatic rings. The van der Waals surface area contributed by atoms with E-state index < -0.39 is 6.10 Å². The van der Waals surface area contributed by atoms with Gasteiger partial charge in [-0.25, -0.2) is 0 Å². The molecule has 10 nitrogen and oxygen atoms in total. The molecule has 0 spiro atoms. The van der Waals surface area contributed by atoms with Crippen LogP contribution in [0.15, 0.2) is 36.0 Å². The van der Waals surface area contributed by atoms with Crippen molar-refractivity contribution in [2.75, 3.05) is 26.3 Å². The largest absolute Gasteiger partial charge is 0.389 e. The van der Waals surface area contributed by atoms with E-state index in [-0.39, 0.29) is 60.5 Å². The first-order valence-corrected chi connectivity index (χ1v) is 16.0. The highest BCUT2D eigenvalue weighted by molar-refractivity contribution is 5.87. The maximum Gasteiger partial charge on any atom is 0.244 e. The molecule has 2 saturated heterocycles. The zero-order valence-electron chi connectivity index (χ0n) is 26.8. The predicted molar refractivity (Wildman–Crippen MR) is 167 cm³/mol. The van der Waals surface area contributed by atoms with E-state index in [0.717, 1.165) is 37.7 Å². The Labute approximate surface area is 258 Å². The second-order valence-electron chi connectivity index (χ2n) is 11.8. The van der Waals surface area contributed by atoms with Crippen LogP contribution in [0.25, 0.3) is 0 Å². The number of hydrogen-bond donors (Lipinski definition) is 4. The van der Waals surface area contributed by atoms with Crippen LogP contribution in [0.4, 0.5) is 0 Å². The van der Waals surface area contributed by atoms with E-state index in [0.29, 0.717) is 39.1 Å². The average molecular weight is 606 g/mol. The summed E-state index contributed by atoms with van der Waals surface area (Å²) in [6.45, 7) is 11.8. The number of aliphatic hydroxyl groups is 1. The Morgan fingerprint density at radius 3 is 2.49 bits per heavy atom. The third kappa shape index (κ3) is 15.7. The quantitative estimate of drug-likeness (QED) is 0.135. The van der Waals surface area contributed by atoms with Crippen LogP contribution in [0.5, 0.6) is 0 Å². The van der Waals surface area contributed by atoms with Gasteiger partial charge < -0.3 is 35.3 Å². The molecule has 2 aliphatic heterocycles. The molecule has 2 heterocycles. The number of amides is 3. The van der Waals surface area contributed by atoms with Crippen LogP contribution in [0.1, 0.15) is 86.0 Å². The van der Waals surface area contributed by atoms with Gasteiger partial charge in [0.15, 0.2) is 0 Å². The van der Waals surface area contributed by atoms with Gasteiger partial charge in [-0.1, -0.05) is 43.7 Å². The molecular weight excluding hydrogens is 550 g/mol. The summed E-state index contributed by atoms with van der Waals surface area (Å²) in [7, 11) is 0. The second kappa shape index (κ2) is 20.4. The molecule has 2 fully saturated rings. The van der Waals surface area contributed by atoms with Crippen LogP contribution < -0.4 is 16.0 Å². The summed E-state index contributed by atoms with van der Waals surface area (Å²) in [6.07, 6.45) is 13.5. The van der Waals surface area contributed by atoms with Crippen LogP contribution in [0.3, 0.4) is 0 Å². The Hall–Kier alpha value is -2.53. The number of allylic oxidation sites excluding steroid dienone is 2. The summed E-state index contributed by atoms with van der Waals surface area (Å²) in [6, 6.07) is -0.0770. The molecule has 3 amide bonds. The van der Waals surface area contributed by atoms with Crippen molar-refractivity contribution in [3.8, 4) is 0 Å². The summed E-state index contributed by atoms with van der Waals surface area (Å²) in [5, 5.41) is 18.0. The van der Waals surface area contributed by atoms with Gasteiger partial charge in [0.25, 0.3) is 0 Å². The maximum absolute atomic E-state index is 12.5. The third-order valence-electron chi connectivity index (χ3n) is 7.70. The third-order valence-corrected chi connectivity index (χ3v) is 7.70. The topological polar surface area (TPSA) is 135 Å². The lowest BCUT2D eigenvalue weighted by atomic mass is 9.88. The van der Waals surface area contributed by atoms with Crippen molar-refractivity contribution in [1.29, 1.82) is 0 Å². The standard InChI is InChI=1S/C33H55N3O7/c1-6-8-31(38)34-17-18-35-33(40)22-28-9-7-19-41-20-16-27(43-28)13-10-23(2)11-14-30-24(3)21-29(26(5)42-30)36-32(39)15-12-25(4)37/h10-13,15,24-30,37H,6-9,14,16-22H2,1-5H3,(H,34,38)(H,35,40)(H,36,39). The van der Waals surface area contributed by atoms with Gasteiger partial charge in [-0.2, -0.15) is 0 Å². The summed E-state index contributed by atoms with van der Waals surface area (Å²) < 4.78 is 18.4. The van der Waals surface area contributed by atoms with Gasteiger partial charge in [0.1, 0.15) is 0 Å². The highest BCUT2D eigenvalue weighted by Crippen LogP contribution is 2.28. The molecule has 4 N–H and O–H groups in total. The number of rotatable bonds is 14. The first-order valence-electron chi connectivity index (χ1n) is 16.0. The maximum atomic E-state index is 12.5. The second-order valence-corrected chi connectivity index (χ2v) is 11.8. The fourth-order valence-corrected chi connectivity index (χ4v) is 5.19. The highest BCUT2D eigenvalue weighted by atomic mass is 16.5. The van der Waals surface area contributed by atoms with Gasteiger partial charge in [0.2, 0.25) is 17.7 Å². The Morgan fingerprint density at radius 2 is 1.77 bits per heavy atom. The van der Waals surface area contributed by atoms with Gasteiger partial charge in [0, 0.05) is 45.2 Å². The van der Waals surface area contributed by atoms with Crippen LogP contribution in [0.2, 0.25) is 0 Å². The molecule has 7 atom stereocenters. The SMILES string of the molecule is CCCC(=O)NCCNC(=O)CC1CCCOCCC(C=CC(C)=CCC2OC(C)C(NC(=O)C=CC(C)O)CC2C)O1. The van der Waals surface area contributed by atoms with E-state index in [4.69, 9.17) is 14.2 Å². The van der Waals surface area contributed by atoms with Gasteiger partial charge in [-0.05, 0) is 58.8 Å². The monoisotopic (exact) mass is 605 g/mol. The molecule has 0 aromatic heterocycles. The normalized spacial score (nSPS) is 28.1. The Morgan fingerprint density at radius 1 is 1.02 bits per heavy atom. The van der Waals surface area contributed by atoms with E-state index in [2.05, 4.69) is 48.0 Å². The van der Waals surface area contributed by atoms with Gasteiger partial charge in [-0.15, -0.1) is 0 Å². The summed E-state index contributed by atoms with van der Waals surface area (Å²) in [4.78, 5) is 36.3. The van der Waals surface area contributed by atoms with Gasteiger partial charge >= 0.3 is 0 Å². The van der Waals surface area contributed by atoms with E-state index >= 15 is 0 Å². The van der Waals surface area contributed by atoms with Crippen molar-refractivity contribution >= 4 is 17.7 Å². The van der Waals surface area contributed by atoms with E-state index in [1.54, 1.807) is 6.92 Å². The summed E-state index contributed by atoms with van der Waals surface area (Å²) in [5.41, 5.74) is 1.10. The molecule has 43 heavy (non-hydrogen) atoms. The molecule has 10 heteroatoms. The Kier molecular flexibility index (Phi) is 17.4. The van der Waals surface area contributed by atoms with Crippen LogP contribution >= 0.6 is 0 Å². The minimum Gasteiger partial charge on any atom is -0.389 e. The van der Waals surface area contributed by atoms with E-state index in [1.807, 2.05) is 13.8 Å². The molecule has 2 rings (SSSR count). The van der Waals surface area contributed by atoms with Gasteiger partial charge in [0.05, 0.1) is 43.0 Å². The fourth-order valence-electron chi connectivity index (χ4n) is 5.19. The predicted octanol–water partition coefficient (Wildman–Crippen LogP) is 3.49. The lowest BCUT2D eigenvalue weighted by Crippen LogP contribution is -2.50. The first kappa shape index (κ1) is 36.7. The number of carbonyl (C=O) groups is 3. The number of hydrogen-bond acceptors (Lipinski definition) is 7. The highest BCUT2D eigenvalue weighted by Gasteiger charge is 2.33. The smallest absolute Gasteiger partial charge is 0.244 e. The van der Waals surface area contributed by atoms with E-state index in [9.17, 15) is 19.5 Å². The molecule has 0 saturated carbocycles. The number of nitrogens with one attached hydrogen (secondary N) is 3. The average Bonchev–Trinajstić information content (AvgIpc) is 3.06. The molecular formula is C33H55N3O7. The number of carbonyl (C=O) groups excluding carboxylic acids is 3. The molecule has 0 aliphatic carbocycles. The lowest BCUT2D eigenvalue weighted by Gasteiger charge is -2.39. The van der Waals surface area contributed by atoms with Crippen molar-refractivity contribution in [3.05, 3.63) is 36.0 Å². The molecule has 2 aliphatic rings. The molecule has 0 aromatic carbocycles. The van der Waals surface area contributed by atoms with Crippen molar-refractivity contribution < 1.29 is 33.7 Å². The van der Waals surface area contributed by atoms with Gasteiger partial charge in [-0.3, -0.25) is 14.4 Å². The zero-order valence-corrected chi connectivity index (χ0v) is 26.8. The van der Waals surface area contributed by atoms with Crippen molar-refractivity contribution in [2.45, 2.75) is 123 Å². The minimum absolute atomic E-state index is 0.00291. The van der Waals surface area contributed by atoms with Crippen molar-refractivity contribution in [2.24, 2.45) is 5.92 Å². The first-order chi connectivity index (χ1) is 20.6. The fraction of sp³-hybridized carbons (Fsp3) is 0.727.